The summed E-state index contributed by atoms with van der Waals surface area (Å²) in [6, 6.07) is 4.01. The molecular weight excluding hydrogens is 546 g/mol. The molecule has 0 bridgehead atoms. The molecule has 1 saturated heterocycles. The van der Waals surface area contributed by atoms with E-state index in [4.69, 9.17) is 4.74 Å². The molecule has 0 saturated carbocycles. The number of aliphatic imine (C=N–C) groups is 1. The van der Waals surface area contributed by atoms with Crippen molar-refractivity contribution in [1.82, 2.24) is 15.1 Å². The number of ether oxygens (including phenoxy) is 1. The largest absolute Gasteiger partial charge is 0.491 e. The van der Waals surface area contributed by atoms with E-state index in [0.717, 1.165) is 6.92 Å². The number of rotatable bonds is 8. The number of benzene rings is 1. The normalized spacial score (nSPS) is 17.3. The number of nitro benzene ring substituents is 1. The van der Waals surface area contributed by atoms with Gasteiger partial charge in [-0.2, -0.15) is 13.2 Å². The maximum absolute atomic E-state index is 12.9. The SMILES string of the molecule is CCNC(=NCC(O)COc1ccc([N+](=O)[O-])cc1)N1CCN(C(C)C(F)(F)F)CC1.I. The first-order chi connectivity index (χ1) is 14.6. The number of non-ortho nitro benzene ring substituents is 1. The van der Waals surface area contributed by atoms with Crippen LogP contribution in [0.5, 0.6) is 5.75 Å². The Morgan fingerprint density at radius 3 is 2.38 bits per heavy atom. The number of hydrogen-bond acceptors (Lipinski definition) is 6. The second-order valence-electron chi connectivity index (χ2n) is 7.15. The molecular formula is C19H29F3IN5O4. The van der Waals surface area contributed by atoms with Crippen LogP contribution in [0.3, 0.4) is 0 Å². The van der Waals surface area contributed by atoms with Crippen LogP contribution in [0.4, 0.5) is 18.9 Å². The summed E-state index contributed by atoms with van der Waals surface area (Å²) in [4.78, 5) is 17.8. The second kappa shape index (κ2) is 13.0. The quantitative estimate of drug-likeness (QED) is 0.162. The van der Waals surface area contributed by atoms with Gasteiger partial charge in [-0.25, -0.2) is 0 Å². The number of nitrogens with zero attached hydrogens (tertiary/aromatic N) is 4. The number of nitro groups is 1. The zero-order chi connectivity index (χ0) is 23.0. The molecule has 2 N–H and O–H groups in total. The summed E-state index contributed by atoms with van der Waals surface area (Å²) in [7, 11) is 0. The van der Waals surface area contributed by atoms with Crippen molar-refractivity contribution in [2.45, 2.75) is 32.2 Å². The van der Waals surface area contributed by atoms with Gasteiger partial charge in [-0.3, -0.25) is 20.0 Å². The van der Waals surface area contributed by atoms with Gasteiger partial charge < -0.3 is 20.1 Å². The first kappa shape index (κ1) is 28.2. The van der Waals surface area contributed by atoms with Gasteiger partial charge in [0.15, 0.2) is 5.96 Å². The molecule has 9 nitrogen and oxygen atoms in total. The Morgan fingerprint density at radius 2 is 1.88 bits per heavy atom. The number of nitrogens with one attached hydrogen (secondary N) is 1. The van der Waals surface area contributed by atoms with Gasteiger partial charge in [0.25, 0.3) is 5.69 Å². The zero-order valence-electron chi connectivity index (χ0n) is 17.9. The van der Waals surface area contributed by atoms with Crippen LogP contribution in [0.2, 0.25) is 0 Å². The number of halogens is 4. The van der Waals surface area contributed by atoms with Crippen LogP contribution in [0.1, 0.15) is 13.8 Å². The van der Waals surface area contributed by atoms with E-state index in [-0.39, 0.29) is 55.9 Å². The Morgan fingerprint density at radius 1 is 1.28 bits per heavy atom. The van der Waals surface area contributed by atoms with Crippen LogP contribution in [0, 0.1) is 10.1 Å². The highest BCUT2D eigenvalue weighted by molar-refractivity contribution is 14.0. The first-order valence-electron chi connectivity index (χ1n) is 10.0. The van der Waals surface area contributed by atoms with Crippen LogP contribution in [0.25, 0.3) is 0 Å². The smallest absolute Gasteiger partial charge is 0.403 e. The fourth-order valence-electron chi connectivity index (χ4n) is 3.05. The van der Waals surface area contributed by atoms with Gasteiger partial charge in [-0.1, -0.05) is 0 Å². The van der Waals surface area contributed by atoms with Gasteiger partial charge >= 0.3 is 6.18 Å². The standard InChI is InChI=1S/C19H28F3N5O4.HI/c1-3-23-18(26-10-8-25(9-11-26)14(2)19(20,21)22)24-12-16(28)13-31-17-6-4-15(5-7-17)27(29)30;/h4-7,14,16,28H,3,8-13H2,1-2H3,(H,23,24);1H. The molecule has 0 amide bonds. The molecule has 1 aromatic rings. The molecule has 182 valence electrons. The molecule has 0 aliphatic carbocycles. The molecule has 0 aromatic heterocycles. The topological polar surface area (TPSA) is 103 Å². The molecule has 1 heterocycles. The second-order valence-corrected chi connectivity index (χ2v) is 7.15. The van der Waals surface area contributed by atoms with Crippen molar-refractivity contribution in [1.29, 1.82) is 0 Å². The van der Waals surface area contributed by atoms with Gasteiger partial charge in [-0.15, -0.1) is 24.0 Å². The molecule has 13 heteroatoms. The summed E-state index contributed by atoms with van der Waals surface area (Å²) in [5, 5.41) is 23.9. The minimum atomic E-state index is -4.26. The molecule has 0 radical (unpaired) electrons. The third-order valence-corrected chi connectivity index (χ3v) is 4.91. The van der Waals surface area contributed by atoms with Crippen molar-refractivity contribution >= 4 is 35.6 Å². The van der Waals surface area contributed by atoms with Crippen LogP contribution in [-0.2, 0) is 0 Å². The van der Waals surface area contributed by atoms with E-state index < -0.39 is 23.2 Å². The first-order valence-corrected chi connectivity index (χ1v) is 10.0. The molecule has 2 unspecified atom stereocenters. The molecule has 1 aliphatic heterocycles. The zero-order valence-corrected chi connectivity index (χ0v) is 20.2. The fraction of sp³-hybridized carbons (Fsp3) is 0.632. The van der Waals surface area contributed by atoms with Crippen molar-refractivity contribution in [3.8, 4) is 5.75 Å². The van der Waals surface area contributed by atoms with E-state index in [9.17, 15) is 28.4 Å². The summed E-state index contributed by atoms with van der Waals surface area (Å²) in [5.74, 6) is 0.909. The van der Waals surface area contributed by atoms with Gasteiger partial charge in [0, 0.05) is 44.9 Å². The van der Waals surface area contributed by atoms with Crippen molar-refractivity contribution in [2.24, 2.45) is 4.99 Å². The highest BCUT2D eigenvalue weighted by Crippen LogP contribution is 2.25. The lowest BCUT2D eigenvalue weighted by Crippen LogP contribution is -2.56. The Hall–Kier alpha value is -1.87. The van der Waals surface area contributed by atoms with E-state index >= 15 is 0 Å². The van der Waals surface area contributed by atoms with Crippen LogP contribution in [-0.4, -0.2) is 90.0 Å². The lowest BCUT2D eigenvalue weighted by Gasteiger charge is -2.39. The van der Waals surface area contributed by atoms with E-state index in [1.54, 1.807) is 0 Å². The summed E-state index contributed by atoms with van der Waals surface area (Å²) in [6.45, 7) is 4.90. The number of guanidine groups is 1. The Bertz CT molecular complexity index is 743. The summed E-state index contributed by atoms with van der Waals surface area (Å²) < 4.78 is 44.2. The average molecular weight is 575 g/mol. The molecule has 32 heavy (non-hydrogen) atoms. The van der Waals surface area contributed by atoms with E-state index in [0.29, 0.717) is 31.3 Å². The predicted octanol–water partition coefficient (Wildman–Crippen LogP) is 2.49. The van der Waals surface area contributed by atoms with Crippen molar-refractivity contribution in [2.75, 3.05) is 45.9 Å². The number of alkyl halides is 3. The van der Waals surface area contributed by atoms with Gasteiger partial charge in [0.1, 0.15) is 24.5 Å². The summed E-state index contributed by atoms with van der Waals surface area (Å²) in [5.41, 5.74) is -0.0579. The lowest BCUT2D eigenvalue weighted by atomic mass is 10.2. The van der Waals surface area contributed by atoms with Crippen LogP contribution >= 0.6 is 24.0 Å². The maximum Gasteiger partial charge on any atom is 0.403 e. The summed E-state index contributed by atoms with van der Waals surface area (Å²) in [6.07, 6.45) is -5.18. The minimum absolute atomic E-state index is 0. The van der Waals surface area contributed by atoms with Gasteiger partial charge in [-0.05, 0) is 26.0 Å². The fourth-order valence-corrected chi connectivity index (χ4v) is 3.05. The molecule has 1 aliphatic rings. The lowest BCUT2D eigenvalue weighted by molar-refractivity contribution is -0.384. The summed E-state index contributed by atoms with van der Waals surface area (Å²) >= 11 is 0. The maximum atomic E-state index is 12.9. The average Bonchev–Trinajstić information content (AvgIpc) is 2.74. The number of aliphatic hydroxyl groups excluding tert-OH is 1. The van der Waals surface area contributed by atoms with E-state index in [1.807, 2.05) is 11.8 Å². The van der Waals surface area contributed by atoms with Crippen molar-refractivity contribution < 1.29 is 27.9 Å². The van der Waals surface area contributed by atoms with E-state index in [1.165, 1.54) is 29.2 Å². The number of hydrogen-bond donors (Lipinski definition) is 2. The predicted molar refractivity (Wildman–Crippen MR) is 125 cm³/mol. The number of piperazine rings is 1. The van der Waals surface area contributed by atoms with E-state index in [2.05, 4.69) is 10.3 Å². The molecule has 2 rings (SSSR count). The van der Waals surface area contributed by atoms with Crippen LogP contribution < -0.4 is 10.1 Å². The van der Waals surface area contributed by atoms with Gasteiger partial charge in [0.2, 0.25) is 0 Å². The molecule has 2 atom stereocenters. The monoisotopic (exact) mass is 575 g/mol. The Balaban J connectivity index is 0.00000512. The third-order valence-electron chi connectivity index (χ3n) is 4.91. The molecule has 0 spiro atoms. The van der Waals surface area contributed by atoms with Gasteiger partial charge in [0.05, 0.1) is 11.5 Å². The minimum Gasteiger partial charge on any atom is -0.491 e. The van der Waals surface area contributed by atoms with Crippen molar-refractivity contribution in [3.05, 3.63) is 34.4 Å². The number of aliphatic hydroxyl groups is 1. The Kier molecular flexibility index (Phi) is 11.4. The molecule has 1 aromatic carbocycles. The Labute approximate surface area is 201 Å². The molecule has 1 fully saturated rings. The highest BCUT2D eigenvalue weighted by Gasteiger charge is 2.41. The van der Waals surface area contributed by atoms with Crippen molar-refractivity contribution in [3.63, 3.8) is 0 Å². The third kappa shape index (κ3) is 8.58. The van der Waals surface area contributed by atoms with Crippen LogP contribution in [0.15, 0.2) is 29.3 Å². The highest BCUT2D eigenvalue weighted by atomic mass is 127.